The minimum Gasteiger partial charge on any atom is -0.339 e. The lowest BCUT2D eigenvalue weighted by molar-refractivity contribution is -0.137. The Morgan fingerprint density at radius 2 is 1.75 bits per heavy atom. The van der Waals surface area contributed by atoms with Crippen molar-refractivity contribution >= 4 is 17.5 Å². The zero-order chi connectivity index (χ0) is 23.3. The van der Waals surface area contributed by atoms with E-state index in [1.165, 1.54) is 12.1 Å². The van der Waals surface area contributed by atoms with E-state index in [-0.39, 0.29) is 23.8 Å². The monoisotopic (exact) mass is 446 g/mol. The fraction of sp³-hybridized carbons (Fsp3) is 0.286. The van der Waals surface area contributed by atoms with Gasteiger partial charge < -0.3 is 10.2 Å². The van der Waals surface area contributed by atoms with Crippen LogP contribution in [0.5, 0.6) is 0 Å². The molecule has 0 radical (unpaired) electrons. The van der Waals surface area contributed by atoms with Crippen LogP contribution in [0.1, 0.15) is 29.8 Å². The van der Waals surface area contributed by atoms with E-state index in [1.54, 1.807) is 29.2 Å². The van der Waals surface area contributed by atoms with Crippen LogP contribution < -0.4 is 5.32 Å². The maximum atomic E-state index is 12.9. The van der Waals surface area contributed by atoms with E-state index in [0.29, 0.717) is 24.3 Å². The minimum atomic E-state index is -4.49. The number of aromatic nitrogens is 4. The largest absolute Gasteiger partial charge is 0.416 e. The van der Waals surface area contributed by atoms with Crippen molar-refractivity contribution in [1.29, 1.82) is 0 Å². The van der Waals surface area contributed by atoms with Gasteiger partial charge in [-0.05, 0) is 55.5 Å². The molecule has 1 N–H and O–H groups in total. The third-order valence-corrected chi connectivity index (χ3v) is 4.65. The van der Waals surface area contributed by atoms with Crippen molar-refractivity contribution in [3.8, 4) is 11.4 Å². The Morgan fingerprint density at radius 3 is 2.38 bits per heavy atom. The van der Waals surface area contributed by atoms with Gasteiger partial charge in [0.2, 0.25) is 11.7 Å². The molecular weight excluding hydrogens is 425 g/mol. The Kier molecular flexibility index (Phi) is 6.86. The van der Waals surface area contributed by atoms with E-state index < -0.39 is 17.6 Å². The average molecular weight is 446 g/mol. The van der Waals surface area contributed by atoms with Crippen LogP contribution in [0.3, 0.4) is 0 Å². The number of amides is 2. The number of hydrogen-bond donors (Lipinski definition) is 1. The van der Waals surface area contributed by atoms with Gasteiger partial charge in [0.15, 0.2) is 0 Å². The highest BCUT2D eigenvalue weighted by Crippen LogP contribution is 2.31. The number of anilines is 1. The summed E-state index contributed by atoms with van der Waals surface area (Å²) in [6.45, 7) is 4.70. The van der Waals surface area contributed by atoms with Gasteiger partial charge in [-0.15, -0.1) is 10.2 Å². The first-order valence-electron chi connectivity index (χ1n) is 9.86. The molecule has 0 fully saturated rings. The zero-order valence-corrected chi connectivity index (χ0v) is 17.4. The van der Waals surface area contributed by atoms with Crippen molar-refractivity contribution in [2.75, 3.05) is 18.4 Å². The second kappa shape index (κ2) is 9.58. The molecule has 2 amide bonds. The Balaban J connectivity index is 1.63. The first-order chi connectivity index (χ1) is 15.2. The van der Waals surface area contributed by atoms with Gasteiger partial charge in [-0.2, -0.15) is 18.0 Å². The van der Waals surface area contributed by atoms with Crippen LogP contribution in [0, 0.1) is 0 Å². The van der Waals surface area contributed by atoms with Gasteiger partial charge in [0.1, 0.15) is 6.54 Å². The molecule has 3 aromatic rings. The molecule has 1 heterocycles. The third kappa shape index (κ3) is 5.48. The molecule has 0 unspecified atom stereocenters. The molecule has 2 aromatic carbocycles. The van der Waals surface area contributed by atoms with Crippen LogP contribution in [0.15, 0.2) is 48.5 Å². The first kappa shape index (κ1) is 22.9. The number of tetrazole rings is 1. The number of nitrogens with one attached hydrogen (secondary N) is 1. The second-order valence-corrected chi connectivity index (χ2v) is 6.82. The predicted molar refractivity (Wildman–Crippen MR) is 111 cm³/mol. The smallest absolute Gasteiger partial charge is 0.339 e. The van der Waals surface area contributed by atoms with E-state index in [2.05, 4.69) is 20.7 Å². The van der Waals surface area contributed by atoms with Crippen molar-refractivity contribution in [1.82, 2.24) is 25.1 Å². The van der Waals surface area contributed by atoms with E-state index in [9.17, 15) is 22.8 Å². The highest BCUT2D eigenvalue weighted by Gasteiger charge is 2.30. The molecule has 0 atom stereocenters. The Morgan fingerprint density at radius 1 is 1.06 bits per heavy atom. The number of rotatable bonds is 7. The van der Waals surface area contributed by atoms with Crippen molar-refractivity contribution in [3.05, 3.63) is 59.7 Å². The molecule has 0 bridgehead atoms. The van der Waals surface area contributed by atoms with Gasteiger partial charge in [-0.25, -0.2) is 0 Å². The molecule has 0 aliphatic carbocycles. The van der Waals surface area contributed by atoms with E-state index in [0.717, 1.165) is 16.9 Å². The van der Waals surface area contributed by atoms with Crippen molar-refractivity contribution < 1.29 is 22.8 Å². The third-order valence-electron chi connectivity index (χ3n) is 4.65. The molecule has 0 saturated heterocycles. The molecule has 11 heteroatoms. The number of carbonyl (C=O) groups excluding carboxylic acids is 2. The topological polar surface area (TPSA) is 93.0 Å². The minimum absolute atomic E-state index is 0.0248. The van der Waals surface area contributed by atoms with E-state index in [4.69, 9.17) is 0 Å². The van der Waals surface area contributed by atoms with Gasteiger partial charge in [0.05, 0.1) is 5.56 Å². The lowest BCUT2D eigenvalue weighted by Crippen LogP contribution is -2.30. The van der Waals surface area contributed by atoms with Gasteiger partial charge in [0.25, 0.3) is 5.91 Å². The van der Waals surface area contributed by atoms with E-state index in [1.807, 2.05) is 13.8 Å². The van der Waals surface area contributed by atoms with Crippen LogP contribution in [-0.4, -0.2) is 50.0 Å². The molecule has 0 aliphatic rings. The molecule has 0 aliphatic heterocycles. The molecule has 3 rings (SSSR count). The van der Waals surface area contributed by atoms with Gasteiger partial charge in [-0.3, -0.25) is 9.59 Å². The fourth-order valence-corrected chi connectivity index (χ4v) is 2.98. The zero-order valence-electron chi connectivity index (χ0n) is 17.4. The summed E-state index contributed by atoms with van der Waals surface area (Å²) < 4.78 is 38.6. The highest BCUT2D eigenvalue weighted by molar-refractivity contribution is 5.95. The number of hydrogen-bond acceptors (Lipinski definition) is 5. The first-order valence-corrected chi connectivity index (χ1v) is 9.86. The summed E-state index contributed by atoms with van der Waals surface area (Å²) in [4.78, 5) is 27.3. The predicted octanol–water partition coefficient (Wildman–Crippen LogP) is 3.48. The Labute approximate surface area is 182 Å². The van der Waals surface area contributed by atoms with Gasteiger partial charge in [0, 0.05) is 29.9 Å². The van der Waals surface area contributed by atoms with Gasteiger partial charge >= 0.3 is 6.18 Å². The van der Waals surface area contributed by atoms with Crippen molar-refractivity contribution in [2.45, 2.75) is 26.6 Å². The SMILES string of the molecule is CCN(CC)C(=O)c1ccc(NC(=O)Cn2nnc(-c3cccc(C(F)(F)F)c3)n2)cc1. The molecule has 168 valence electrons. The number of benzene rings is 2. The number of nitrogens with zero attached hydrogens (tertiary/aromatic N) is 5. The second-order valence-electron chi connectivity index (χ2n) is 6.82. The Hall–Kier alpha value is -3.76. The maximum absolute atomic E-state index is 12.9. The molecule has 0 spiro atoms. The van der Waals surface area contributed by atoms with Crippen LogP contribution in [0.4, 0.5) is 18.9 Å². The van der Waals surface area contributed by atoms with Crippen LogP contribution >= 0.6 is 0 Å². The number of halogens is 3. The highest BCUT2D eigenvalue weighted by atomic mass is 19.4. The molecule has 0 saturated carbocycles. The maximum Gasteiger partial charge on any atom is 0.416 e. The number of alkyl halides is 3. The fourth-order valence-electron chi connectivity index (χ4n) is 2.98. The summed E-state index contributed by atoms with van der Waals surface area (Å²) >= 11 is 0. The normalized spacial score (nSPS) is 11.3. The van der Waals surface area contributed by atoms with Gasteiger partial charge in [-0.1, -0.05) is 12.1 Å². The van der Waals surface area contributed by atoms with Crippen molar-refractivity contribution in [3.63, 3.8) is 0 Å². The summed E-state index contributed by atoms with van der Waals surface area (Å²) in [5, 5.41) is 14.1. The molecule has 32 heavy (non-hydrogen) atoms. The number of carbonyl (C=O) groups is 2. The summed E-state index contributed by atoms with van der Waals surface area (Å²) in [6, 6.07) is 11.0. The summed E-state index contributed by atoms with van der Waals surface area (Å²) in [5.74, 6) is -0.578. The van der Waals surface area contributed by atoms with Crippen molar-refractivity contribution in [2.24, 2.45) is 0 Å². The summed E-state index contributed by atoms with van der Waals surface area (Å²) in [6.07, 6.45) is -4.49. The summed E-state index contributed by atoms with van der Waals surface area (Å²) in [5.41, 5.74) is 0.298. The average Bonchev–Trinajstić information content (AvgIpc) is 3.23. The van der Waals surface area contributed by atoms with Crippen LogP contribution in [0.25, 0.3) is 11.4 Å². The van der Waals surface area contributed by atoms with Crippen LogP contribution in [0.2, 0.25) is 0 Å². The quantitative estimate of drug-likeness (QED) is 0.600. The summed E-state index contributed by atoms with van der Waals surface area (Å²) in [7, 11) is 0. The lowest BCUT2D eigenvalue weighted by Gasteiger charge is -2.18. The Bertz CT molecular complexity index is 1090. The van der Waals surface area contributed by atoms with Crippen LogP contribution in [-0.2, 0) is 17.5 Å². The standard InChI is InChI=1S/C21H21F3N6O2/c1-3-29(4-2)20(32)14-8-10-17(11-9-14)25-18(31)13-30-27-19(26-28-30)15-6-5-7-16(12-15)21(22,23)24/h5-12H,3-4,13H2,1-2H3,(H,25,31). The molecule has 1 aromatic heterocycles. The molecular formula is C21H21F3N6O2. The molecule has 8 nitrogen and oxygen atoms in total. The lowest BCUT2D eigenvalue weighted by atomic mass is 10.1. The van der Waals surface area contributed by atoms with E-state index >= 15 is 0 Å².